The van der Waals surface area contributed by atoms with Crippen molar-refractivity contribution < 1.29 is 14.6 Å². The van der Waals surface area contributed by atoms with Crippen LogP contribution in [0.4, 0.5) is 0 Å². The standard InChI is InChI=1S/C14H20O3.C2H5N/c1-5-8-12(15)11-9-6-7-10-13(11)16-17-14(2,3)4;1-2-3/h6-7,9-10H,5,8H2,1-4H3;2-3H,1H3. The van der Waals surface area contributed by atoms with Crippen molar-refractivity contribution in [3.63, 3.8) is 0 Å². The Labute approximate surface area is 121 Å². The zero-order valence-electron chi connectivity index (χ0n) is 13.0. The fourth-order valence-corrected chi connectivity index (χ4v) is 1.30. The Morgan fingerprint density at radius 2 is 1.85 bits per heavy atom. The number of Topliss-reactive ketones (excluding diaryl/α,β-unsaturated/α-hetero) is 1. The van der Waals surface area contributed by atoms with Crippen molar-refractivity contribution >= 4 is 12.0 Å². The number of hydrogen-bond acceptors (Lipinski definition) is 4. The van der Waals surface area contributed by atoms with Gasteiger partial charge in [-0.05, 0) is 52.5 Å². The second kappa shape index (κ2) is 9.26. The summed E-state index contributed by atoms with van der Waals surface area (Å²) in [6, 6.07) is 7.16. The van der Waals surface area contributed by atoms with Crippen molar-refractivity contribution in [3.05, 3.63) is 29.8 Å². The molecule has 4 nitrogen and oxygen atoms in total. The number of carbonyl (C=O) groups is 1. The summed E-state index contributed by atoms with van der Waals surface area (Å²) in [6.07, 6.45) is 2.60. The Bertz CT molecular complexity index is 422. The van der Waals surface area contributed by atoms with Crippen molar-refractivity contribution in [3.8, 4) is 5.75 Å². The van der Waals surface area contributed by atoms with Gasteiger partial charge in [0.2, 0.25) is 0 Å². The molecule has 112 valence electrons. The smallest absolute Gasteiger partial charge is 0.176 e. The normalized spacial score (nSPS) is 10.2. The molecule has 1 aromatic carbocycles. The van der Waals surface area contributed by atoms with Crippen LogP contribution in [0.25, 0.3) is 0 Å². The minimum absolute atomic E-state index is 0.0839. The highest BCUT2D eigenvalue weighted by Gasteiger charge is 2.16. The van der Waals surface area contributed by atoms with Crippen LogP contribution in [0.2, 0.25) is 0 Å². The van der Waals surface area contributed by atoms with E-state index in [9.17, 15) is 4.79 Å². The summed E-state index contributed by atoms with van der Waals surface area (Å²) >= 11 is 0. The molecule has 20 heavy (non-hydrogen) atoms. The minimum atomic E-state index is -0.402. The molecule has 0 aliphatic rings. The molecule has 0 spiro atoms. The lowest BCUT2D eigenvalue weighted by molar-refractivity contribution is -0.274. The van der Waals surface area contributed by atoms with Gasteiger partial charge in [0, 0.05) is 6.42 Å². The summed E-state index contributed by atoms with van der Waals surface area (Å²) in [6.45, 7) is 9.32. The number of para-hydroxylation sites is 1. The molecule has 1 N–H and O–H groups in total. The Morgan fingerprint density at radius 1 is 1.30 bits per heavy atom. The largest absolute Gasteiger partial charge is 0.336 e. The molecule has 0 aliphatic carbocycles. The van der Waals surface area contributed by atoms with Crippen LogP contribution < -0.4 is 4.89 Å². The average Bonchev–Trinajstić information content (AvgIpc) is 2.37. The zero-order chi connectivity index (χ0) is 15.6. The Balaban J connectivity index is 0.00000110. The highest BCUT2D eigenvalue weighted by Crippen LogP contribution is 2.22. The van der Waals surface area contributed by atoms with E-state index in [1.165, 1.54) is 6.21 Å². The molecule has 0 amide bonds. The summed E-state index contributed by atoms with van der Waals surface area (Å²) in [4.78, 5) is 22.3. The van der Waals surface area contributed by atoms with Crippen LogP contribution in [-0.2, 0) is 4.89 Å². The average molecular weight is 279 g/mol. The molecule has 0 unspecified atom stereocenters. The number of hydrogen-bond donors (Lipinski definition) is 1. The summed E-state index contributed by atoms with van der Waals surface area (Å²) in [5.41, 5.74) is 0.180. The first-order chi connectivity index (χ1) is 9.35. The summed E-state index contributed by atoms with van der Waals surface area (Å²) < 4.78 is 0. The molecule has 0 heterocycles. The lowest BCUT2D eigenvalue weighted by Gasteiger charge is -2.18. The van der Waals surface area contributed by atoms with Crippen molar-refractivity contribution in [1.29, 1.82) is 5.41 Å². The van der Waals surface area contributed by atoms with Gasteiger partial charge < -0.3 is 10.3 Å². The highest BCUT2D eigenvalue weighted by molar-refractivity contribution is 5.98. The van der Waals surface area contributed by atoms with E-state index in [2.05, 4.69) is 0 Å². The lowest BCUT2D eigenvalue weighted by atomic mass is 10.1. The molecule has 0 saturated carbocycles. The molecular formula is C16H25NO3. The van der Waals surface area contributed by atoms with Gasteiger partial charge in [-0.3, -0.25) is 4.79 Å². The number of rotatable bonds is 5. The first kappa shape index (κ1) is 18.3. The lowest BCUT2D eigenvalue weighted by Crippen LogP contribution is -2.22. The number of nitrogens with one attached hydrogen (secondary N) is 1. The van der Waals surface area contributed by atoms with Crippen LogP contribution in [-0.4, -0.2) is 17.6 Å². The van der Waals surface area contributed by atoms with Crippen LogP contribution in [0.15, 0.2) is 24.3 Å². The van der Waals surface area contributed by atoms with Gasteiger partial charge in [-0.15, -0.1) is 0 Å². The highest BCUT2D eigenvalue weighted by atomic mass is 17.2. The molecule has 4 heteroatoms. The third-order valence-corrected chi connectivity index (χ3v) is 2.05. The topological polar surface area (TPSA) is 59.4 Å². The molecule has 0 atom stereocenters. The maximum Gasteiger partial charge on any atom is 0.176 e. The van der Waals surface area contributed by atoms with Gasteiger partial charge in [0.1, 0.15) is 5.60 Å². The second-order valence-corrected chi connectivity index (χ2v) is 5.24. The third kappa shape index (κ3) is 7.69. The summed E-state index contributed by atoms with van der Waals surface area (Å²) in [5.74, 6) is 0.571. The second-order valence-electron chi connectivity index (χ2n) is 5.24. The van der Waals surface area contributed by atoms with E-state index in [1.54, 1.807) is 19.1 Å². The van der Waals surface area contributed by atoms with Crippen LogP contribution in [0.5, 0.6) is 5.75 Å². The quantitative estimate of drug-likeness (QED) is 0.375. The van der Waals surface area contributed by atoms with E-state index in [4.69, 9.17) is 15.2 Å². The molecular weight excluding hydrogens is 254 g/mol. The SMILES string of the molecule is CC=N.CCCC(=O)c1ccccc1OOC(C)(C)C. The Hall–Kier alpha value is -1.68. The van der Waals surface area contributed by atoms with Crippen LogP contribution in [0.3, 0.4) is 0 Å². The van der Waals surface area contributed by atoms with Gasteiger partial charge in [0.25, 0.3) is 0 Å². The van der Waals surface area contributed by atoms with Crippen molar-refractivity contribution in [2.45, 2.75) is 53.1 Å². The van der Waals surface area contributed by atoms with E-state index >= 15 is 0 Å². The van der Waals surface area contributed by atoms with Gasteiger partial charge in [-0.25, -0.2) is 0 Å². The molecule has 0 fully saturated rings. The zero-order valence-corrected chi connectivity index (χ0v) is 13.0. The Morgan fingerprint density at radius 3 is 2.35 bits per heavy atom. The van der Waals surface area contributed by atoms with Crippen LogP contribution >= 0.6 is 0 Å². The van der Waals surface area contributed by atoms with E-state index in [1.807, 2.05) is 39.8 Å². The van der Waals surface area contributed by atoms with Gasteiger partial charge in [0.05, 0.1) is 5.56 Å². The molecule has 1 aromatic rings. The Kier molecular flexibility index (Phi) is 8.48. The van der Waals surface area contributed by atoms with Crippen molar-refractivity contribution in [1.82, 2.24) is 0 Å². The minimum Gasteiger partial charge on any atom is -0.336 e. The third-order valence-electron chi connectivity index (χ3n) is 2.05. The summed E-state index contributed by atoms with van der Waals surface area (Å²) in [7, 11) is 0. The fraction of sp³-hybridized carbons (Fsp3) is 0.500. The van der Waals surface area contributed by atoms with E-state index in [-0.39, 0.29) is 5.78 Å². The van der Waals surface area contributed by atoms with Gasteiger partial charge in [-0.1, -0.05) is 19.1 Å². The monoisotopic (exact) mass is 279 g/mol. The van der Waals surface area contributed by atoms with Gasteiger partial charge in [-0.2, -0.15) is 4.89 Å². The molecule has 0 bridgehead atoms. The number of benzene rings is 1. The molecule has 0 saturated heterocycles. The fourth-order valence-electron chi connectivity index (χ4n) is 1.30. The maximum absolute atomic E-state index is 11.9. The predicted octanol–water partition coefficient (Wildman–Crippen LogP) is 4.43. The first-order valence-corrected chi connectivity index (χ1v) is 6.78. The first-order valence-electron chi connectivity index (χ1n) is 6.78. The van der Waals surface area contributed by atoms with Crippen molar-refractivity contribution in [2.75, 3.05) is 0 Å². The van der Waals surface area contributed by atoms with E-state index in [0.717, 1.165) is 6.42 Å². The molecule has 0 aromatic heterocycles. The van der Waals surface area contributed by atoms with Crippen LogP contribution in [0, 0.1) is 5.41 Å². The molecule has 1 rings (SSSR count). The van der Waals surface area contributed by atoms with E-state index < -0.39 is 5.60 Å². The van der Waals surface area contributed by atoms with E-state index in [0.29, 0.717) is 17.7 Å². The maximum atomic E-state index is 11.9. The van der Waals surface area contributed by atoms with Gasteiger partial charge >= 0.3 is 0 Å². The summed E-state index contributed by atoms with van der Waals surface area (Å²) in [5, 5.41) is 6.08. The number of ketones is 1. The number of carbonyl (C=O) groups excluding carboxylic acids is 1. The van der Waals surface area contributed by atoms with Gasteiger partial charge in [0.15, 0.2) is 11.5 Å². The van der Waals surface area contributed by atoms with Crippen LogP contribution in [0.1, 0.15) is 57.8 Å². The molecule has 0 radical (unpaired) electrons. The predicted molar refractivity (Wildman–Crippen MR) is 81.6 cm³/mol. The van der Waals surface area contributed by atoms with Crippen molar-refractivity contribution in [2.24, 2.45) is 0 Å². The molecule has 0 aliphatic heterocycles.